The molecule has 1 aliphatic rings. The van der Waals surface area contributed by atoms with Crippen molar-refractivity contribution in [2.24, 2.45) is 0 Å². The lowest BCUT2D eigenvalue weighted by Crippen LogP contribution is -3.28. The van der Waals surface area contributed by atoms with Gasteiger partial charge in [-0.1, -0.05) is 18.2 Å². The molecule has 1 fully saturated rings. The van der Waals surface area contributed by atoms with Gasteiger partial charge in [-0.2, -0.15) is 0 Å². The number of ether oxygens (including phenoxy) is 1. The normalized spacial score (nSPS) is 21.3. The van der Waals surface area contributed by atoms with Crippen molar-refractivity contribution in [2.45, 2.75) is 19.1 Å². The van der Waals surface area contributed by atoms with Crippen molar-refractivity contribution < 1.29 is 24.4 Å². The molecular formula is C24H31N3O3+2. The van der Waals surface area contributed by atoms with Crippen molar-refractivity contribution in [1.29, 1.82) is 0 Å². The van der Waals surface area contributed by atoms with Crippen molar-refractivity contribution >= 4 is 16.7 Å². The number of quaternary nitrogens is 2. The average molecular weight is 410 g/mol. The van der Waals surface area contributed by atoms with E-state index in [2.05, 4.69) is 11.9 Å². The lowest BCUT2D eigenvalue weighted by Gasteiger charge is -2.36. The van der Waals surface area contributed by atoms with E-state index < -0.39 is 6.10 Å². The van der Waals surface area contributed by atoms with Crippen LogP contribution in [0.25, 0.3) is 10.9 Å². The SMILES string of the molecule is CC[NH+]1CC[NH+]([C@@H](c2ccc(OC)cc2)[C@@H](O)C(=O)c2c[nH]c3ccccc23)CC1. The molecule has 158 valence electrons. The molecule has 4 rings (SSSR count). The largest absolute Gasteiger partial charge is 0.497 e. The summed E-state index contributed by atoms with van der Waals surface area (Å²) in [6.45, 7) is 7.27. The number of aliphatic hydroxyl groups excluding tert-OH is 1. The summed E-state index contributed by atoms with van der Waals surface area (Å²) >= 11 is 0. The molecule has 1 aromatic heterocycles. The van der Waals surface area contributed by atoms with Gasteiger partial charge in [-0.15, -0.1) is 0 Å². The Kier molecular flexibility index (Phi) is 6.18. The predicted molar refractivity (Wildman–Crippen MR) is 116 cm³/mol. The number of aromatic amines is 1. The van der Waals surface area contributed by atoms with Crippen LogP contribution in [0.5, 0.6) is 5.75 Å². The number of para-hydroxylation sites is 1. The summed E-state index contributed by atoms with van der Waals surface area (Å²) in [6.07, 6.45) is 0.603. The second-order valence-corrected chi connectivity index (χ2v) is 8.07. The average Bonchev–Trinajstić information content (AvgIpc) is 3.24. The van der Waals surface area contributed by atoms with Gasteiger partial charge in [-0.25, -0.2) is 0 Å². The smallest absolute Gasteiger partial charge is 0.199 e. The van der Waals surface area contributed by atoms with E-state index in [1.54, 1.807) is 18.2 Å². The highest BCUT2D eigenvalue weighted by Gasteiger charge is 2.39. The molecule has 0 amide bonds. The fourth-order valence-corrected chi connectivity index (χ4v) is 4.63. The fraction of sp³-hybridized carbons (Fsp3) is 0.375. The highest BCUT2D eigenvalue weighted by Crippen LogP contribution is 2.24. The summed E-state index contributed by atoms with van der Waals surface area (Å²) in [5, 5.41) is 12.2. The van der Waals surface area contributed by atoms with Gasteiger partial charge in [0.15, 0.2) is 11.9 Å². The van der Waals surface area contributed by atoms with Crippen LogP contribution < -0.4 is 14.5 Å². The van der Waals surface area contributed by atoms with Gasteiger partial charge in [0, 0.05) is 28.2 Å². The van der Waals surface area contributed by atoms with Crippen LogP contribution in [0.2, 0.25) is 0 Å². The summed E-state index contributed by atoms with van der Waals surface area (Å²) in [5.74, 6) is 0.538. The summed E-state index contributed by atoms with van der Waals surface area (Å²) in [6, 6.07) is 15.2. The van der Waals surface area contributed by atoms with Crippen LogP contribution in [-0.4, -0.2) is 61.8 Å². The molecule has 2 atom stereocenters. The van der Waals surface area contributed by atoms with Gasteiger partial charge in [0.05, 0.1) is 13.7 Å². The first-order valence-electron chi connectivity index (χ1n) is 10.7. The summed E-state index contributed by atoms with van der Waals surface area (Å²) in [5.41, 5.74) is 2.42. The quantitative estimate of drug-likeness (QED) is 0.423. The lowest BCUT2D eigenvalue weighted by atomic mass is 9.93. The molecule has 2 aromatic carbocycles. The van der Waals surface area contributed by atoms with E-state index in [1.807, 2.05) is 48.5 Å². The number of carbonyl (C=O) groups excluding carboxylic acids is 1. The second kappa shape index (κ2) is 9.00. The number of ketones is 1. The van der Waals surface area contributed by atoms with E-state index in [0.717, 1.165) is 54.9 Å². The monoisotopic (exact) mass is 409 g/mol. The first-order chi connectivity index (χ1) is 14.6. The van der Waals surface area contributed by atoms with Crippen molar-refractivity contribution in [2.75, 3.05) is 39.8 Å². The Morgan fingerprint density at radius 2 is 1.80 bits per heavy atom. The maximum Gasteiger partial charge on any atom is 0.199 e. The van der Waals surface area contributed by atoms with Crippen LogP contribution in [0.15, 0.2) is 54.7 Å². The number of Topliss-reactive ketones (excluding diaryl/α,β-unsaturated/α-hetero) is 1. The molecule has 0 spiro atoms. The van der Waals surface area contributed by atoms with E-state index in [0.29, 0.717) is 5.56 Å². The number of aromatic nitrogens is 1. The summed E-state index contributed by atoms with van der Waals surface area (Å²) in [7, 11) is 1.64. The Morgan fingerprint density at radius 1 is 1.10 bits per heavy atom. The number of nitrogens with one attached hydrogen (secondary N) is 3. The third-order valence-electron chi connectivity index (χ3n) is 6.45. The van der Waals surface area contributed by atoms with Crippen LogP contribution in [0.4, 0.5) is 0 Å². The number of methoxy groups -OCH3 is 1. The van der Waals surface area contributed by atoms with Crippen LogP contribution in [0.3, 0.4) is 0 Å². The number of H-pyrrole nitrogens is 1. The first kappa shape index (κ1) is 20.6. The van der Waals surface area contributed by atoms with E-state index >= 15 is 0 Å². The minimum Gasteiger partial charge on any atom is -0.497 e. The van der Waals surface area contributed by atoms with Gasteiger partial charge in [0.2, 0.25) is 0 Å². The Hall–Kier alpha value is -2.67. The molecule has 0 saturated carbocycles. The molecule has 6 nitrogen and oxygen atoms in total. The van der Waals surface area contributed by atoms with Gasteiger partial charge >= 0.3 is 0 Å². The molecule has 1 aliphatic heterocycles. The molecule has 3 aromatic rings. The Labute approximate surface area is 177 Å². The molecule has 4 N–H and O–H groups in total. The second-order valence-electron chi connectivity index (χ2n) is 8.07. The molecule has 2 heterocycles. The summed E-state index contributed by atoms with van der Waals surface area (Å²) in [4.78, 5) is 19.4. The zero-order chi connectivity index (χ0) is 21.1. The Bertz CT molecular complexity index is 990. The summed E-state index contributed by atoms with van der Waals surface area (Å²) < 4.78 is 5.29. The van der Waals surface area contributed by atoms with E-state index in [-0.39, 0.29) is 11.8 Å². The molecular weight excluding hydrogens is 378 g/mol. The highest BCUT2D eigenvalue weighted by atomic mass is 16.5. The standard InChI is InChI=1S/C24H29N3O3/c1-3-26-12-14-27(15-13-26)22(17-8-10-18(30-2)11-9-17)24(29)23(28)20-16-25-21-7-5-4-6-19(20)21/h4-11,16,22,24-25,29H,3,12-15H2,1-2H3/p+2/t22-,24+/m0/s1. The minimum absolute atomic E-state index is 0.231. The highest BCUT2D eigenvalue weighted by molar-refractivity contribution is 6.10. The van der Waals surface area contributed by atoms with Crippen LogP contribution in [-0.2, 0) is 0 Å². The molecule has 0 unspecified atom stereocenters. The lowest BCUT2D eigenvalue weighted by molar-refractivity contribution is -1.03. The zero-order valence-corrected chi connectivity index (χ0v) is 17.7. The van der Waals surface area contributed by atoms with Crippen LogP contribution >= 0.6 is 0 Å². The minimum atomic E-state index is -1.12. The third-order valence-corrected chi connectivity index (χ3v) is 6.45. The van der Waals surface area contributed by atoms with E-state index in [4.69, 9.17) is 4.74 Å². The molecule has 6 heteroatoms. The van der Waals surface area contributed by atoms with Gasteiger partial charge < -0.3 is 24.6 Å². The number of hydrogen-bond acceptors (Lipinski definition) is 3. The molecule has 0 aliphatic carbocycles. The number of rotatable bonds is 7. The van der Waals surface area contributed by atoms with Crippen LogP contribution in [0.1, 0.15) is 28.9 Å². The number of piperazine rings is 1. The number of hydrogen-bond donors (Lipinski definition) is 4. The molecule has 1 saturated heterocycles. The molecule has 0 bridgehead atoms. The van der Waals surface area contributed by atoms with Gasteiger partial charge in [0.1, 0.15) is 38.0 Å². The first-order valence-corrected chi connectivity index (χ1v) is 10.7. The number of likely N-dealkylation sites (N-methyl/N-ethyl adjacent to an activating group) is 1. The Balaban J connectivity index is 1.66. The van der Waals surface area contributed by atoms with E-state index in [1.165, 1.54) is 4.90 Å². The fourth-order valence-electron chi connectivity index (χ4n) is 4.63. The van der Waals surface area contributed by atoms with Crippen LogP contribution in [0, 0.1) is 0 Å². The van der Waals surface area contributed by atoms with Gasteiger partial charge in [-0.05, 0) is 37.3 Å². The number of carbonyl (C=O) groups is 1. The molecule has 0 radical (unpaired) electrons. The van der Waals surface area contributed by atoms with Crippen molar-refractivity contribution in [3.05, 3.63) is 65.9 Å². The predicted octanol–water partition coefficient (Wildman–Crippen LogP) is 0.265. The number of fused-ring (bicyclic) bond motifs is 1. The zero-order valence-electron chi connectivity index (χ0n) is 17.7. The number of aliphatic hydroxyl groups is 1. The van der Waals surface area contributed by atoms with Crippen molar-refractivity contribution in [3.63, 3.8) is 0 Å². The third kappa shape index (κ3) is 3.99. The van der Waals surface area contributed by atoms with Gasteiger partial charge in [-0.3, -0.25) is 4.79 Å². The van der Waals surface area contributed by atoms with Crippen molar-refractivity contribution in [1.82, 2.24) is 4.98 Å². The maximum atomic E-state index is 13.4. The molecule has 30 heavy (non-hydrogen) atoms. The van der Waals surface area contributed by atoms with Gasteiger partial charge in [0.25, 0.3) is 0 Å². The van der Waals surface area contributed by atoms with E-state index in [9.17, 15) is 9.90 Å². The maximum absolute atomic E-state index is 13.4. The topological polar surface area (TPSA) is 71.2 Å². The number of benzene rings is 2. The van der Waals surface area contributed by atoms with Crippen molar-refractivity contribution in [3.8, 4) is 5.75 Å². The Morgan fingerprint density at radius 3 is 2.47 bits per heavy atom.